The quantitative estimate of drug-likeness (QED) is 0.678. The van der Waals surface area contributed by atoms with E-state index < -0.39 is 11.6 Å². The summed E-state index contributed by atoms with van der Waals surface area (Å²) >= 11 is 0. The van der Waals surface area contributed by atoms with Crippen molar-refractivity contribution in [3.05, 3.63) is 71.8 Å². The van der Waals surface area contributed by atoms with E-state index >= 15 is 0 Å². The fourth-order valence-electron chi connectivity index (χ4n) is 4.83. The van der Waals surface area contributed by atoms with Crippen molar-refractivity contribution in [3.8, 4) is 0 Å². The predicted molar refractivity (Wildman–Crippen MR) is 123 cm³/mol. The summed E-state index contributed by atoms with van der Waals surface area (Å²) in [5, 5.41) is 5.98. The van der Waals surface area contributed by atoms with Gasteiger partial charge in [-0.2, -0.15) is 0 Å². The first-order valence-corrected chi connectivity index (χ1v) is 11.6. The zero-order chi connectivity index (χ0) is 22.4. The molecule has 168 valence electrons. The summed E-state index contributed by atoms with van der Waals surface area (Å²) in [5.41, 5.74) is 0.427. The topological polar surface area (TPSA) is 78.5 Å². The molecule has 1 aliphatic heterocycles. The predicted octanol–water partition coefficient (Wildman–Crippen LogP) is 3.91. The normalized spacial score (nSPS) is 22.2. The van der Waals surface area contributed by atoms with Crippen LogP contribution in [0.5, 0.6) is 0 Å². The van der Waals surface area contributed by atoms with Gasteiger partial charge in [0.25, 0.3) is 5.91 Å². The van der Waals surface area contributed by atoms with Crippen molar-refractivity contribution in [2.75, 3.05) is 6.54 Å². The molecule has 1 atom stereocenters. The molecule has 0 radical (unpaired) electrons. The Hall–Kier alpha value is -3.15. The molecule has 2 aliphatic rings. The fraction of sp³-hybridized carbons (Fsp3) is 0.423. The van der Waals surface area contributed by atoms with E-state index in [1.165, 1.54) is 19.3 Å². The van der Waals surface area contributed by atoms with Crippen LogP contribution in [0.4, 0.5) is 4.79 Å². The molecule has 0 spiro atoms. The number of hydrogen-bond donors (Lipinski definition) is 2. The van der Waals surface area contributed by atoms with E-state index in [9.17, 15) is 14.4 Å². The Morgan fingerprint density at radius 2 is 1.50 bits per heavy atom. The number of nitrogens with one attached hydrogen (secondary N) is 2. The van der Waals surface area contributed by atoms with E-state index in [4.69, 9.17) is 0 Å². The van der Waals surface area contributed by atoms with E-state index in [-0.39, 0.29) is 24.4 Å². The van der Waals surface area contributed by atoms with Gasteiger partial charge < -0.3 is 10.6 Å². The number of benzene rings is 2. The minimum atomic E-state index is -1.22. The summed E-state index contributed by atoms with van der Waals surface area (Å²) < 4.78 is 0. The summed E-state index contributed by atoms with van der Waals surface area (Å²) in [6.45, 7) is -0.259. The molecule has 6 nitrogen and oxygen atoms in total. The Labute approximate surface area is 189 Å². The van der Waals surface area contributed by atoms with E-state index in [2.05, 4.69) is 10.6 Å². The van der Waals surface area contributed by atoms with Gasteiger partial charge >= 0.3 is 6.03 Å². The number of carbonyl (C=O) groups excluding carboxylic acids is 3. The van der Waals surface area contributed by atoms with Crippen LogP contribution in [0.15, 0.2) is 60.7 Å². The van der Waals surface area contributed by atoms with Gasteiger partial charge in [0.1, 0.15) is 6.54 Å². The maximum Gasteiger partial charge on any atom is 0.325 e. The van der Waals surface area contributed by atoms with E-state index in [0.717, 1.165) is 36.1 Å². The Balaban J connectivity index is 1.52. The fourth-order valence-corrected chi connectivity index (χ4v) is 4.83. The summed E-state index contributed by atoms with van der Waals surface area (Å²) in [6.07, 6.45) is 8.07. The third kappa shape index (κ3) is 4.85. The Bertz CT molecular complexity index is 939. The number of rotatable bonds is 6. The zero-order valence-corrected chi connectivity index (χ0v) is 18.4. The smallest absolute Gasteiger partial charge is 0.325 e. The largest absolute Gasteiger partial charge is 0.352 e. The van der Waals surface area contributed by atoms with Crippen LogP contribution in [0.1, 0.15) is 56.1 Å². The Morgan fingerprint density at radius 3 is 2.16 bits per heavy atom. The van der Waals surface area contributed by atoms with Crippen LogP contribution in [-0.2, 0) is 21.5 Å². The van der Waals surface area contributed by atoms with Crippen molar-refractivity contribution in [3.63, 3.8) is 0 Å². The van der Waals surface area contributed by atoms with E-state index in [1.807, 2.05) is 60.7 Å². The monoisotopic (exact) mass is 433 g/mol. The molecule has 1 aliphatic carbocycles. The van der Waals surface area contributed by atoms with Gasteiger partial charge in [-0.25, -0.2) is 4.79 Å². The molecule has 0 aromatic heterocycles. The Morgan fingerprint density at radius 1 is 0.906 bits per heavy atom. The molecule has 4 amide bonds. The lowest BCUT2D eigenvalue weighted by molar-refractivity contribution is -0.135. The maximum absolute atomic E-state index is 13.6. The van der Waals surface area contributed by atoms with E-state index in [0.29, 0.717) is 12.0 Å². The highest BCUT2D eigenvalue weighted by Crippen LogP contribution is 2.33. The van der Waals surface area contributed by atoms with Crippen LogP contribution >= 0.6 is 0 Å². The minimum absolute atomic E-state index is 0.117. The molecular formula is C26H31N3O3. The summed E-state index contributed by atoms with van der Waals surface area (Å²) in [6, 6.07) is 18.5. The maximum atomic E-state index is 13.6. The molecule has 6 heteroatoms. The van der Waals surface area contributed by atoms with Crippen LogP contribution in [0.3, 0.4) is 0 Å². The van der Waals surface area contributed by atoms with Gasteiger partial charge in [-0.05, 0) is 24.0 Å². The van der Waals surface area contributed by atoms with Crippen LogP contribution in [0.2, 0.25) is 0 Å². The zero-order valence-electron chi connectivity index (χ0n) is 18.4. The van der Waals surface area contributed by atoms with Crippen molar-refractivity contribution in [2.24, 2.45) is 0 Å². The molecule has 1 saturated heterocycles. The van der Waals surface area contributed by atoms with Crippen molar-refractivity contribution in [1.29, 1.82) is 0 Å². The number of imide groups is 1. The summed E-state index contributed by atoms with van der Waals surface area (Å²) in [4.78, 5) is 40.4. The van der Waals surface area contributed by atoms with Gasteiger partial charge in [-0.1, -0.05) is 92.8 Å². The second kappa shape index (κ2) is 9.98. The number of amides is 4. The van der Waals surface area contributed by atoms with Gasteiger partial charge in [0.05, 0.1) is 0 Å². The standard InChI is InChI=1S/C26H31N3O3/c30-23(27-22-16-10-2-1-3-11-17-22)19-29-24(31)26(28-25(29)32,21-14-8-5-9-15-21)18-20-12-6-4-7-13-20/h4-9,12-15,22H,1-3,10-11,16-19H2,(H,27,30)(H,28,32). The highest BCUT2D eigenvalue weighted by Gasteiger charge is 2.52. The van der Waals surface area contributed by atoms with Crippen LogP contribution < -0.4 is 10.6 Å². The molecular weight excluding hydrogens is 402 g/mol. The molecule has 1 heterocycles. The van der Waals surface area contributed by atoms with E-state index in [1.54, 1.807) is 0 Å². The average molecular weight is 434 g/mol. The third-order valence-electron chi connectivity index (χ3n) is 6.53. The molecule has 1 unspecified atom stereocenters. The molecule has 0 bridgehead atoms. The molecule has 2 N–H and O–H groups in total. The molecule has 2 aromatic carbocycles. The highest BCUT2D eigenvalue weighted by atomic mass is 16.2. The minimum Gasteiger partial charge on any atom is -0.352 e. The van der Waals surface area contributed by atoms with Crippen molar-refractivity contribution in [2.45, 2.75) is 62.9 Å². The van der Waals surface area contributed by atoms with Gasteiger partial charge in [0, 0.05) is 12.5 Å². The van der Waals surface area contributed by atoms with Gasteiger partial charge in [-0.15, -0.1) is 0 Å². The lowest BCUT2D eigenvalue weighted by atomic mass is 9.83. The highest BCUT2D eigenvalue weighted by molar-refractivity contribution is 6.09. The first kappa shape index (κ1) is 22.1. The number of urea groups is 1. The first-order chi connectivity index (χ1) is 15.6. The van der Waals surface area contributed by atoms with Gasteiger partial charge in [0.15, 0.2) is 5.54 Å². The van der Waals surface area contributed by atoms with Crippen molar-refractivity contribution >= 4 is 17.8 Å². The average Bonchev–Trinajstić information content (AvgIpc) is 3.02. The molecule has 4 rings (SSSR count). The number of hydrogen-bond acceptors (Lipinski definition) is 3. The van der Waals surface area contributed by atoms with Crippen LogP contribution in [0, 0.1) is 0 Å². The lowest BCUT2D eigenvalue weighted by Gasteiger charge is -2.27. The molecule has 1 saturated carbocycles. The van der Waals surface area contributed by atoms with Crippen LogP contribution in [-0.4, -0.2) is 35.3 Å². The van der Waals surface area contributed by atoms with Gasteiger partial charge in [0.2, 0.25) is 5.91 Å². The molecule has 2 fully saturated rings. The molecule has 32 heavy (non-hydrogen) atoms. The number of carbonyl (C=O) groups is 3. The Kier molecular flexibility index (Phi) is 6.88. The number of nitrogens with zero attached hydrogens (tertiary/aromatic N) is 1. The van der Waals surface area contributed by atoms with Crippen molar-refractivity contribution in [1.82, 2.24) is 15.5 Å². The lowest BCUT2D eigenvalue weighted by Crippen LogP contribution is -2.47. The van der Waals surface area contributed by atoms with Gasteiger partial charge in [-0.3, -0.25) is 14.5 Å². The third-order valence-corrected chi connectivity index (χ3v) is 6.53. The second-order valence-electron chi connectivity index (χ2n) is 8.86. The second-order valence-corrected chi connectivity index (χ2v) is 8.86. The van der Waals surface area contributed by atoms with Crippen molar-refractivity contribution < 1.29 is 14.4 Å². The molecule has 2 aromatic rings. The summed E-state index contributed by atoms with van der Waals surface area (Å²) in [7, 11) is 0. The first-order valence-electron chi connectivity index (χ1n) is 11.6. The SMILES string of the molecule is O=C(CN1C(=O)NC(Cc2ccccc2)(c2ccccc2)C1=O)NC1CCCCCCC1. The van der Waals surface area contributed by atoms with Crippen LogP contribution in [0.25, 0.3) is 0 Å². The summed E-state index contributed by atoms with van der Waals surface area (Å²) in [5.74, 6) is -0.659.